The van der Waals surface area contributed by atoms with E-state index in [1.54, 1.807) is 117 Å². The zero-order chi connectivity index (χ0) is 38.6. The van der Waals surface area contributed by atoms with Gasteiger partial charge < -0.3 is 26.0 Å². The third-order valence-electron chi connectivity index (χ3n) is 7.87. The number of carbonyl (C=O) groups excluding carboxylic acids is 5. The highest BCUT2D eigenvalue weighted by molar-refractivity contribution is 8.00. The Hall–Kier alpha value is -5.69. The largest absolute Gasteiger partial charge is 0.462 e. The minimum Gasteiger partial charge on any atom is -0.462 e. The first-order valence-electron chi connectivity index (χ1n) is 17.0. The van der Waals surface area contributed by atoms with Crippen molar-refractivity contribution in [1.82, 2.24) is 5.32 Å². The van der Waals surface area contributed by atoms with E-state index in [0.717, 1.165) is 11.3 Å². The molecule has 1 unspecified atom stereocenters. The van der Waals surface area contributed by atoms with Crippen LogP contribution >= 0.6 is 34.7 Å². The van der Waals surface area contributed by atoms with E-state index >= 15 is 0 Å². The number of benzene rings is 4. The Morgan fingerprint density at radius 3 is 2.15 bits per heavy atom. The number of ether oxygens (including phenoxy) is 1. The molecule has 1 aromatic heterocycles. The molecule has 5 aromatic rings. The molecule has 0 radical (unpaired) electrons. The van der Waals surface area contributed by atoms with Crippen LogP contribution < -0.4 is 21.3 Å². The van der Waals surface area contributed by atoms with E-state index < -0.39 is 28.9 Å². The summed E-state index contributed by atoms with van der Waals surface area (Å²) in [6.45, 7) is 5.29. The molecule has 276 valence electrons. The summed E-state index contributed by atoms with van der Waals surface area (Å²) in [7, 11) is 0. The molecule has 4 amide bonds. The van der Waals surface area contributed by atoms with E-state index in [9.17, 15) is 24.0 Å². The number of para-hydroxylation sites is 1. The molecule has 0 aliphatic heterocycles. The highest BCUT2D eigenvalue weighted by Gasteiger charge is 2.29. The van der Waals surface area contributed by atoms with Crippen molar-refractivity contribution in [1.29, 1.82) is 0 Å². The van der Waals surface area contributed by atoms with E-state index in [0.29, 0.717) is 44.4 Å². The normalized spacial score (nSPS) is 11.6. The summed E-state index contributed by atoms with van der Waals surface area (Å²) in [6.07, 6.45) is 1.92. The van der Waals surface area contributed by atoms with Gasteiger partial charge in [-0.3, -0.25) is 19.2 Å². The fraction of sp³-hybridized carbons (Fsp3) is 0.146. The van der Waals surface area contributed by atoms with Crippen molar-refractivity contribution in [3.05, 3.63) is 147 Å². The molecule has 0 aliphatic rings. The molecular weight excluding hydrogens is 744 g/mol. The van der Waals surface area contributed by atoms with Crippen molar-refractivity contribution in [2.75, 3.05) is 22.6 Å². The van der Waals surface area contributed by atoms with Gasteiger partial charge in [0.25, 0.3) is 17.7 Å². The molecule has 0 saturated carbocycles. The molecule has 0 fully saturated rings. The van der Waals surface area contributed by atoms with Gasteiger partial charge in [0, 0.05) is 26.9 Å². The van der Waals surface area contributed by atoms with Crippen molar-refractivity contribution < 1.29 is 28.7 Å². The second kappa shape index (κ2) is 18.9. The number of hydrogen-bond acceptors (Lipinski definition) is 8. The lowest BCUT2D eigenvalue weighted by molar-refractivity contribution is -0.116. The van der Waals surface area contributed by atoms with Crippen LogP contribution in [0, 0.1) is 6.92 Å². The van der Waals surface area contributed by atoms with Crippen molar-refractivity contribution in [3.63, 3.8) is 0 Å². The molecule has 0 spiro atoms. The van der Waals surface area contributed by atoms with Gasteiger partial charge in [-0.15, -0.1) is 23.1 Å². The van der Waals surface area contributed by atoms with Crippen molar-refractivity contribution >= 4 is 86.7 Å². The van der Waals surface area contributed by atoms with Crippen molar-refractivity contribution in [2.24, 2.45) is 0 Å². The lowest BCUT2D eigenvalue weighted by Gasteiger charge is -2.16. The van der Waals surface area contributed by atoms with Gasteiger partial charge in [0.2, 0.25) is 5.91 Å². The number of hydrogen-bond donors (Lipinski definition) is 4. The van der Waals surface area contributed by atoms with Crippen LogP contribution in [0.4, 0.5) is 16.4 Å². The topological polar surface area (TPSA) is 143 Å². The fourth-order valence-electron chi connectivity index (χ4n) is 5.19. The van der Waals surface area contributed by atoms with Crippen molar-refractivity contribution in [2.45, 2.75) is 37.3 Å². The maximum Gasteiger partial charge on any atom is 0.341 e. The molecule has 5 rings (SSSR count). The zero-order valence-corrected chi connectivity index (χ0v) is 32.0. The van der Waals surface area contributed by atoms with Crippen LogP contribution in [0.2, 0.25) is 5.02 Å². The summed E-state index contributed by atoms with van der Waals surface area (Å²) < 4.78 is 5.28. The number of carbonyl (C=O) groups is 5. The van der Waals surface area contributed by atoms with E-state index in [1.165, 1.54) is 17.8 Å². The molecule has 0 saturated heterocycles. The molecule has 4 aromatic carbocycles. The summed E-state index contributed by atoms with van der Waals surface area (Å²) in [6, 6.07) is 31.3. The van der Waals surface area contributed by atoms with Crippen molar-refractivity contribution in [3.8, 4) is 0 Å². The summed E-state index contributed by atoms with van der Waals surface area (Å²) in [5, 5.41) is 11.2. The molecular formula is C41H37ClN4O6S2. The predicted molar refractivity (Wildman–Crippen MR) is 216 cm³/mol. The minimum absolute atomic E-state index is 0.0266. The Balaban J connectivity index is 1.33. The number of esters is 1. The maximum atomic E-state index is 13.7. The maximum absolute atomic E-state index is 13.7. The minimum atomic E-state index is -0.646. The average molecular weight is 781 g/mol. The highest BCUT2D eigenvalue weighted by atomic mass is 35.5. The van der Waals surface area contributed by atoms with Crippen LogP contribution in [0.3, 0.4) is 0 Å². The first-order chi connectivity index (χ1) is 26.1. The molecule has 1 heterocycles. The predicted octanol–water partition coefficient (Wildman–Crippen LogP) is 9.06. The quantitative estimate of drug-likeness (QED) is 0.0500. The van der Waals surface area contributed by atoms with Gasteiger partial charge in [0.05, 0.1) is 22.3 Å². The molecule has 0 aliphatic carbocycles. The number of nitrogens with one attached hydrogen (secondary N) is 4. The Morgan fingerprint density at radius 1 is 0.796 bits per heavy atom. The molecule has 13 heteroatoms. The third-order valence-corrected chi connectivity index (χ3v) is 10.8. The first-order valence-corrected chi connectivity index (χ1v) is 19.0. The van der Waals surface area contributed by atoms with E-state index in [2.05, 4.69) is 21.3 Å². The number of halogens is 1. The molecule has 0 bridgehead atoms. The second-order valence-corrected chi connectivity index (χ2v) is 14.4. The Kier molecular flexibility index (Phi) is 13.8. The molecule has 10 nitrogen and oxygen atoms in total. The molecule has 4 N–H and O–H groups in total. The SMILES string of the molecule is CCOC(=O)c1c(NC(=O)C(CC)Sc2cccc(NC(=O)/C(=C\c3ccccc3Cl)NC(=O)c3ccccc3)c2)sc(C(=O)Nc2ccccc2)c1C. The van der Waals surface area contributed by atoms with Gasteiger partial charge in [-0.2, -0.15) is 0 Å². The van der Waals surface area contributed by atoms with Gasteiger partial charge in [-0.25, -0.2) is 4.79 Å². The number of thioether (sulfide) groups is 1. The second-order valence-electron chi connectivity index (χ2n) is 11.7. The average Bonchev–Trinajstić information content (AvgIpc) is 3.50. The van der Waals surface area contributed by atoms with Gasteiger partial charge in [-0.05, 0) is 86.0 Å². The van der Waals surface area contributed by atoms with Gasteiger partial charge in [0.15, 0.2) is 0 Å². The Labute approximate surface area is 326 Å². The van der Waals surface area contributed by atoms with E-state index in [1.807, 2.05) is 13.0 Å². The Bertz CT molecular complexity index is 2190. The number of amides is 4. The monoisotopic (exact) mass is 780 g/mol. The van der Waals surface area contributed by atoms with Crippen LogP contribution in [-0.2, 0) is 14.3 Å². The first kappa shape index (κ1) is 39.5. The molecule has 54 heavy (non-hydrogen) atoms. The zero-order valence-electron chi connectivity index (χ0n) is 29.6. The van der Waals surface area contributed by atoms with Crippen LogP contribution in [0.15, 0.2) is 120 Å². The van der Waals surface area contributed by atoms with Gasteiger partial charge in [-0.1, -0.05) is 79.2 Å². The third kappa shape index (κ3) is 10.2. The highest BCUT2D eigenvalue weighted by Crippen LogP contribution is 2.36. The van der Waals surface area contributed by atoms with Crippen LogP contribution in [0.5, 0.6) is 0 Å². The summed E-state index contributed by atoms with van der Waals surface area (Å²) in [5.74, 6) is -2.50. The summed E-state index contributed by atoms with van der Waals surface area (Å²) >= 11 is 8.64. The van der Waals surface area contributed by atoms with E-state index in [-0.39, 0.29) is 33.7 Å². The Morgan fingerprint density at radius 2 is 1.46 bits per heavy atom. The summed E-state index contributed by atoms with van der Waals surface area (Å²) in [5.41, 5.74) is 2.41. The molecule has 1 atom stereocenters. The summed E-state index contributed by atoms with van der Waals surface area (Å²) in [4.78, 5) is 67.7. The van der Waals surface area contributed by atoms with Gasteiger partial charge >= 0.3 is 5.97 Å². The fourth-order valence-corrected chi connectivity index (χ4v) is 7.49. The van der Waals surface area contributed by atoms with Crippen LogP contribution in [0.1, 0.15) is 61.8 Å². The number of thiophene rings is 1. The standard InChI is InChI=1S/C41H37ClN4O6S2/c1-4-33(38(49)46-40-34(41(51)52-5-2)25(3)35(54-40)39(50)43-28-18-10-7-11-19-28)53-30-21-14-20-29(24-30)44-37(48)32(23-27-17-12-13-22-31(27)42)45-36(47)26-15-8-6-9-16-26/h6-24,33H,4-5H2,1-3H3,(H,43,50)(H,44,48)(H,45,47)(H,46,49)/b32-23+. The smallest absolute Gasteiger partial charge is 0.341 e. The number of rotatable bonds is 14. The lowest BCUT2D eigenvalue weighted by atomic mass is 10.1. The van der Waals surface area contributed by atoms with Crippen LogP contribution in [-0.4, -0.2) is 41.5 Å². The number of anilines is 3. The van der Waals surface area contributed by atoms with Crippen LogP contribution in [0.25, 0.3) is 6.08 Å². The van der Waals surface area contributed by atoms with E-state index in [4.69, 9.17) is 16.3 Å². The van der Waals surface area contributed by atoms with Gasteiger partial charge in [0.1, 0.15) is 10.7 Å². The lowest BCUT2D eigenvalue weighted by Crippen LogP contribution is -2.30.